The summed E-state index contributed by atoms with van der Waals surface area (Å²) in [5.74, 6) is 1.18. The molecule has 15 heavy (non-hydrogen) atoms. The molecular formula is C11H16N2O2. The zero-order valence-corrected chi connectivity index (χ0v) is 9.17. The minimum atomic E-state index is -0.0102. The van der Waals surface area contributed by atoms with Crippen LogP contribution in [0.25, 0.3) is 0 Å². The van der Waals surface area contributed by atoms with Crippen LogP contribution < -0.4 is 5.56 Å². The minimum Gasteiger partial charge on any atom is -0.381 e. The Bertz CT molecular complexity index is 406. The van der Waals surface area contributed by atoms with Gasteiger partial charge in [0, 0.05) is 30.4 Å². The summed E-state index contributed by atoms with van der Waals surface area (Å²) in [6, 6.07) is 0. The van der Waals surface area contributed by atoms with E-state index < -0.39 is 0 Å². The fraction of sp³-hybridized carbons (Fsp3) is 0.636. The summed E-state index contributed by atoms with van der Waals surface area (Å²) in [5, 5.41) is 0. The van der Waals surface area contributed by atoms with E-state index in [1.165, 1.54) is 0 Å². The van der Waals surface area contributed by atoms with Gasteiger partial charge < -0.3 is 9.72 Å². The number of rotatable bonds is 1. The van der Waals surface area contributed by atoms with Crippen molar-refractivity contribution in [2.45, 2.75) is 32.6 Å². The van der Waals surface area contributed by atoms with Crippen LogP contribution in [0.1, 0.15) is 35.8 Å². The molecule has 0 radical (unpaired) electrons. The van der Waals surface area contributed by atoms with E-state index in [1.54, 1.807) is 6.92 Å². The van der Waals surface area contributed by atoms with Gasteiger partial charge in [-0.25, -0.2) is 4.98 Å². The Morgan fingerprint density at radius 3 is 2.60 bits per heavy atom. The van der Waals surface area contributed by atoms with Crippen molar-refractivity contribution in [3.8, 4) is 0 Å². The van der Waals surface area contributed by atoms with Crippen LogP contribution in [-0.4, -0.2) is 23.2 Å². The molecule has 1 saturated heterocycles. The second kappa shape index (κ2) is 4.14. The van der Waals surface area contributed by atoms with Gasteiger partial charge in [-0.15, -0.1) is 0 Å². The van der Waals surface area contributed by atoms with Crippen LogP contribution in [0.4, 0.5) is 0 Å². The van der Waals surface area contributed by atoms with Gasteiger partial charge in [0.15, 0.2) is 0 Å². The molecule has 1 N–H and O–H groups in total. The normalized spacial score (nSPS) is 18.0. The van der Waals surface area contributed by atoms with Gasteiger partial charge >= 0.3 is 0 Å². The maximum Gasteiger partial charge on any atom is 0.254 e. The average molecular weight is 208 g/mol. The van der Waals surface area contributed by atoms with Crippen LogP contribution >= 0.6 is 0 Å². The zero-order chi connectivity index (χ0) is 10.8. The van der Waals surface area contributed by atoms with E-state index in [2.05, 4.69) is 9.97 Å². The van der Waals surface area contributed by atoms with Crippen LogP contribution in [-0.2, 0) is 4.74 Å². The van der Waals surface area contributed by atoms with E-state index in [0.717, 1.165) is 37.6 Å². The quantitative estimate of drug-likeness (QED) is 0.756. The van der Waals surface area contributed by atoms with Crippen molar-refractivity contribution in [2.24, 2.45) is 0 Å². The first kappa shape index (κ1) is 10.4. The van der Waals surface area contributed by atoms with Crippen molar-refractivity contribution in [3.63, 3.8) is 0 Å². The molecule has 0 aromatic carbocycles. The Kier molecular flexibility index (Phi) is 2.86. The maximum atomic E-state index is 11.6. The highest BCUT2D eigenvalue weighted by Gasteiger charge is 2.18. The van der Waals surface area contributed by atoms with E-state index in [9.17, 15) is 4.79 Å². The van der Waals surface area contributed by atoms with Gasteiger partial charge in [0.1, 0.15) is 5.82 Å². The molecule has 1 aromatic heterocycles. The van der Waals surface area contributed by atoms with Crippen molar-refractivity contribution in [2.75, 3.05) is 13.2 Å². The monoisotopic (exact) mass is 208 g/mol. The van der Waals surface area contributed by atoms with Crippen LogP contribution in [0.2, 0.25) is 0 Å². The van der Waals surface area contributed by atoms with Crippen LogP contribution in [0.15, 0.2) is 4.79 Å². The first-order valence-electron chi connectivity index (χ1n) is 5.33. The lowest BCUT2D eigenvalue weighted by molar-refractivity contribution is 0.0835. The molecule has 0 aliphatic carbocycles. The number of nitrogens with one attached hydrogen (secondary N) is 1. The summed E-state index contributed by atoms with van der Waals surface area (Å²) in [6.07, 6.45) is 1.90. The largest absolute Gasteiger partial charge is 0.381 e. The van der Waals surface area contributed by atoms with E-state index in [-0.39, 0.29) is 5.56 Å². The highest BCUT2D eigenvalue weighted by molar-refractivity contribution is 5.15. The summed E-state index contributed by atoms with van der Waals surface area (Å²) >= 11 is 0. The summed E-state index contributed by atoms with van der Waals surface area (Å²) in [7, 11) is 0. The van der Waals surface area contributed by atoms with E-state index >= 15 is 0 Å². The molecular weight excluding hydrogens is 192 g/mol. The number of aryl methyl sites for hydroxylation is 1. The Labute approximate surface area is 88.7 Å². The zero-order valence-electron chi connectivity index (χ0n) is 9.17. The number of nitrogens with zero attached hydrogens (tertiary/aromatic N) is 1. The molecule has 1 fully saturated rings. The number of hydrogen-bond donors (Lipinski definition) is 1. The fourth-order valence-corrected chi connectivity index (χ4v) is 1.83. The SMILES string of the molecule is Cc1nc(C2CCOCC2)[nH]c(=O)c1C. The van der Waals surface area contributed by atoms with Crippen molar-refractivity contribution in [3.05, 3.63) is 27.4 Å². The molecule has 4 heteroatoms. The number of ether oxygens (including phenoxy) is 1. The summed E-state index contributed by atoms with van der Waals surface area (Å²) < 4.78 is 5.29. The number of aromatic amines is 1. The van der Waals surface area contributed by atoms with Crippen LogP contribution in [0.3, 0.4) is 0 Å². The van der Waals surface area contributed by atoms with Crippen molar-refractivity contribution < 1.29 is 4.74 Å². The summed E-state index contributed by atoms with van der Waals surface area (Å²) in [4.78, 5) is 18.9. The average Bonchev–Trinajstić information content (AvgIpc) is 2.26. The van der Waals surface area contributed by atoms with Gasteiger partial charge in [0.25, 0.3) is 5.56 Å². The first-order valence-corrected chi connectivity index (χ1v) is 5.33. The molecule has 1 aliphatic rings. The molecule has 2 rings (SSSR count). The molecule has 1 aromatic rings. The first-order chi connectivity index (χ1) is 7.18. The highest BCUT2D eigenvalue weighted by atomic mass is 16.5. The summed E-state index contributed by atoms with van der Waals surface area (Å²) in [5.41, 5.74) is 1.54. The maximum absolute atomic E-state index is 11.6. The molecule has 0 bridgehead atoms. The van der Waals surface area contributed by atoms with Crippen molar-refractivity contribution in [1.29, 1.82) is 0 Å². The van der Waals surface area contributed by atoms with Crippen molar-refractivity contribution in [1.82, 2.24) is 9.97 Å². The van der Waals surface area contributed by atoms with Crippen molar-refractivity contribution >= 4 is 0 Å². The molecule has 1 aliphatic heterocycles. The molecule has 0 saturated carbocycles. The van der Waals surface area contributed by atoms with Gasteiger partial charge in [-0.2, -0.15) is 0 Å². The third-order valence-corrected chi connectivity index (χ3v) is 3.02. The number of hydrogen-bond acceptors (Lipinski definition) is 3. The van der Waals surface area contributed by atoms with Crippen LogP contribution in [0, 0.1) is 13.8 Å². The van der Waals surface area contributed by atoms with Gasteiger partial charge in [-0.05, 0) is 26.7 Å². The molecule has 0 amide bonds. The van der Waals surface area contributed by atoms with Gasteiger partial charge in [0.2, 0.25) is 0 Å². The Morgan fingerprint density at radius 1 is 1.33 bits per heavy atom. The number of H-pyrrole nitrogens is 1. The molecule has 4 nitrogen and oxygen atoms in total. The lowest BCUT2D eigenvalue weighted by atomic mass is 9.99. The van der Waals surface area contributed by atoms with Crippen LogP contribution in [0.5, 0.6) is 0 Å². The Balaban J connectivity index is 2.32. The second-order valence-electron chi connectivity index (χ2n) is 4.05. The molecule has 0 atom stereocenters. The van der Waals surface area contributed by atoms with Gasteiger partial charge in [-0.1, -0.05) is 0 Å². The second-order valence-corrected chi connectivity index (χ2v) is 4.05. The number of aromatic nitrogens is 2. The third kappa shape index (κ3) is 2.09. The highest BCUT2D eigenvalue weighted by Crippen LogP contribution is 2.23. The topological polar surface area (TPSA) is 55.0 Å². The Morgan fingerprint density at radius 2 is 2.00 bits per heavy atom. The predicted octanol–water partition coefficient (Wildman–Crippen LogP) is 1.28. The Hall–Kier alpha value is -1.16. The van der Waals surface area contributed by atoms with Gasteiger partial charge in [-0.3, -0.25) is 4.79 Å². The minimum absolute atomic E-state index is 0.0102. The lowest BCUT2D eigenvalue weighted by Gasteiger charge is -2.21. The third-order valence-electron chi connectivity index (χ3n) is 3.02. The molecule has 0 unspecified atom stereocenters. The fourth-order valence-electron chi connectivity index (χ4n) is 1.83. The summed E-state index contributed by atoms with van der Waals surface area (Å²) in [6.45, 7) is 5.21. The lowest BCUT2D eigenvalue weighted by Crippen LogP contribution is -2.22. The van der Waals surface area contributed by atoms with E-state index in [0.29, 0.717) is 11.5 Å². The van der Waals surface area contributed by atoms with E-state index in [1.807, 2.05) is 6.92 Å². The van der Waals surface area contributed by atoms with E-state index in [4.69, 9.17) is 4.74 Å². The molecule has 2 heterocycles. The van der Waals surface area contributed by atoms with Gasteiger partial charge in [0.05, 0.1) is 0 Å². The smallest absolute Gasteiger partial charge is 0.254 e. The standard InChI is InChI=1S/C11H16N2O2/c1-7-8(2)12-10(13-11(7)14)9-3-5-15-6-4-9/h9H,3-6H2,1-2H3,(H,12,13,14). The molecule has 82 valence electrons. The predicted molar refractivity (Wildman–Crippen MR) is 57.1 cm³/mol. The molecule has 0 spiro atoms.